The van der Waals surface area contributed by atoms with Crippen molar-refractivity contribution in [3.8, 4) is 0 Å². The molecule has 3 nitrogen and oxygen atoms in total. The number of amides is 1. The van der Waals surface area contributed by atoms with Crippen molar-refractivity contribution in [1.29, 1.82) is 0 Å². The highest BCUT2D eigenvalue weighted by atomic mass is 19.4. The molecule has 20 heavy (non-hydrogen) atoms. The molecule has 0 saturated carbocycles. The highest BCUT2D eigenvalue weighted by molar-refractivity contribution is 5.77. The molecule has 1 amide bonds. The summed E-state index contributed by atoms with van der Waals surface area (Å²) in [4.78, 5) is 11.6. The number of carbonyl (C=O) groups is 1. The number of nitrogens with one attached hydrogen (secondary N) is 1. The Morgan fingerprint density at radius 2 is 1.95 bits per heavy atom. The number of hydrogen-bond donors (Lipinski definition) is 1. The second-order valence-electron chi connectivity index (χ2n) is 4.77. The first kappa shape index (κ1) is 16.5. The van der Waals surface area contributed by atoms with Crippen LogP contribution in [0.15, 0.2) is 24.3 Å². The van der Waals surface area contributed by atoms with Gasteiger partial charge in [-0.05, 0) is 38.5 Å². The second-order valence-corrected chi connectivity index (χ2v) is 4.77. The summed E-state index contributed by atoms with van der Waals surface area (Å²) in [7, 11) is 0. The van der Waals surface area contributed by atoms with E-state index in [-0.39, 0.29) is 18.6 Å². The Morgan fingerprint density at radius 3 is 2.50 bits per heavy atom. The molecular weight excluding hydrogens is 271 g/mol. The Balaban J connectivity index is 2.68. The number of alkyl halides is 3. The fraction of sp³-hybridized carbons (Fsp3) is 0.500. The molecule has 0 bridgehead atoms. The summed E-state index contributed by atoms with van der Waals surface area (Å²) < 4.78 is 42.9. The minimum absolute atomic E-state index is 0.0791. The predicted octanol–water partition coefficient (Wildman–Crippen LogP) is 3.31. The minimum Gasteiger partial charge on any atom is -0.369 e. The number of carbonyl (C=O) groups excluding carboxylic acids is 1. The molecule has 0 aromatic heterocycles. The molecular formula is C14H18F3NO2. The van der Waals surface area contributed by atoms with E-state index in [2.05, 4.69) is 5.32 Å². The van der Waals surface area contributed by atoms with Crippen LogP contribution in [0.4, 0.5) is 13.2 Å². The lowest BCUT2D eigenvalue weighted by Crippen LogP contribution is -2.31. The lowest BCUT2D eigenvalue weighted by Gasteiger charge is -2.16. The Labute approximate surface area is 116 Å². The number of hydrogen-bond acceptors (Lipinski definition) is 2. The number of ether oxygens (including phenoxy) is 1. The van der Waals surface area contributed by atoms with Crippen molar-refractivity contribution in [3.05, 3.63) is 35.4 Å². The van der Waals surface area contributed by atoms with E-state index >= 15 is 0 Å². The summed E-state index contributed by atoms with van der Waals surface area (Å²) in [6.45, 7) is 5.11. The van der Waals surface area contributed by atoms with E-state index in [4.69, 9.17) is 4.74 Å². The summed E-state index contributed by atoms with van der Waals surface area (Å²) in [5, 5.41) is 2.60. The maximum Gasteiger partial charge on any atom is 0.416 e. The van der Waals surface area contributed by atoms with Crippen LogP contribution in [0.25, 0.3) is 0 Å². The molecule has 0 aliphatic heterocycles. The normalized spacial score (nSPS) is 13.3. The van der Waals surface area contributed by atoms with E-state index in [0.717, 1.165) is 12.1 Å². The average Bonchev–Trinajstić information content (AvgIpc) is 2.35. The van der Waals surface area contributed by atoms with Gasteiger partial charge in [-0.2, -0.15) is 13.2 Å². The van der Waals surface area contributed by atoms with Crippen molar-refractivity contribution in [1.82, 2.24) is 5.32 Å². The minimum atomic E-state index is -4.39. The van der Waals surface area contributed by atoms with Crippen molar-refractivity contribution in [3.63, 3.8) is 0 Å². The Kier molecular flexibility index (Phi) is 5.56. The van der Waals surface area contributed by atoms with Gasteiger partial charge in [-0.25, -0.2) is 0 Å². The second kappa shape index (κ2) is 6.74. The standard InChI is InChI=1S/C14H18F3NO2/c1-9(2)20-8-13(19)18-10(3)11-5-4-6-12(7-11)14(15,16)17/h4-7,9-10H,8H2,1-3H3,(H,18,19). The van der Waals surface area contributed by atoms with E-state index in [1.807, 2.05) is 0 Å². The first-order valence-electron chi connectivity index (χ1n) is 6.28. The molecule has 1 N–H and O–H groups in total. The van der Waals surface area contributed by atoms with E-state index in [1.165, 1.54) is 6.07 Å². The molecule has 1 atom stereocenters. The van der Waals surface area contributed by atoms with Crippen LogP contribution in [0.1, 0.15) is 37.9 Å². The number of benzene rings is 1. The van der Waals surface area contributed by atoms with Gasteiger partial charge in [-0.3, -0.25) is 4.79 Å². The van der Waals surface area contributed by atoms with Crippen LogP contribution < -0.4 is 5.32 Å². The van der Waals surface area contributed by atoms with E-state index in [0.29, 0.717) is 5.56 Å². The number of rotatable bonds is 5. The van der Waals surface area contributed by atoms with Crippen LogP contribution >= 0.6 is 0 Å². The summed E-state index contributed by atoms with van der Waals surface area (Å²) in [6, 6.07) is 4.39. The molecule has 6 heteroatoms. The van der Waals surface area contributed by atoms with Gasteiger partial charge in [0.15, 0.2) is 0 Å². The fourth-order valence-electron chi connectivity index (χ4n) is 1.59. The molecule has 1 aromatic rings. The topological polar surface area (TPSA) is 38.3 Å². The highest BCUT2D eigenvalue weighted by Gasteiger charge is 2.30. The van der Waals surface area contributed by atoms with Gasteiger partial charge in [0, 0.05) is 0 Å². The summed E-state index contributed by atoms with van der Waals surface area (Å²) in [5.74, 6) is -0.358. The lowest BCUT2D eigenvalue weighted by atomic mass is 10.0. The monoisotopic (exact) mass is 289 g/mol. The first-order valence-corrected chi connectivity index (χ1v) is 6.28. The van der Waals surface area contributed by atoms with Gasteiger partial charge in [-0.15, -0.1) is 0 Å². The summed E-state index contributed by atoms with van der Waals surface area (Å²) in [5.41, 5.74) is -0.327. The molecule has 112 valence electrons. The van der Waals surface area contributed by atoms with Gasteiger partial charge in [0.05, 0.1) is 17.7 Å². The van der Waals surface area contributed by atoms with Crippen molar-refractivity contribution in [2.24, 2.45) is 0 Å². The smallest absolute Gasteiger partial charge is 0.369 e. The lowest BCUT2D eigenvalue weighted by molar-refractivity contribution is -0.137. The van der Waals surface area contributed by atoms with Gasteiger partial charge < -0.3 is 10.1 Å². The van der Waals surface area contributed by atoms with E-state index < -0.39 is 17.8 Å². The Bertz CT molecular complexity index is 458. The molecule has 0 heterocycles. The third-order valence-electron chi connectivity index (χ3n) is 2.64. The zero-order valence-corrected chi connectivity index (χ0v) is 11.6. The van der Waals surface area contributed by atoms with Crippen LogP contribution in [0.2, 0.25) is 0 Å². The van der Waals surface area contributed by atoms with Crippen molar-refractivity contribution in [2.75, 3.05) is 6.61 Å². The highest BCUT2D eigenvalue weighted by Crippen LogP contribution is 2.30. The van der Waals surface area contributed by atoms with Gasteiger partial charge in [0.1, 0.15) is 6.61 Å². The third kappa shape index (κ3) is 5.21. The first-order chi connectivity index (χ1) is 9.20. The van der Waals surface area contributed by atoms with Crippen LogP contribution in [-0.4, -0.2) is 18.6 Å². The maximum absolute atomic E-state index is 12.6. The van der Waals surface area contributed by atoms with E-state index in [1.54, 1.807) is 26.8 Å². The van der Waals surface area contributed by atoms with Crippen molar-refractivity contribution in [2.45, 2.75) is 39.1 Å². The van der Waals surface area contributed by atoms with Crippen LogP contribution in [0, 0.1) is 0 Å². The van der Waals surface area contributed by atoms with Gasteiger partial charge in [0.25, 0.3) is 0 Å². The third-order valence-corrected chi connectivity index (χ3v) is 2.64. The van der Waals surface area contributed by atoms with Crippen LogP contribution in [0.5, 0.6) is 0 Å². The fourth-order valence-corrected chi connectivity index (χ4v) is 1.59. The molecule has 0 spiro atoms. The molecule has 1 unspecified atom stereocenters. The van der Waals surface area contributed by atoms with Gasteiger partial charge >= 0.3 is 6.18 Å². The van der Waals surface area contributed by atoms with Crippen LogP contribution in [0.3, 0.4) is 0 Å². The van der Waals surface area contributed by atoms with Crippen molar-refractivity contribution >= 4 is 5.91 Å². The Morgan fingerprint density at radius 1 is 1.30 bits per heavy atom. The number of halogens is 3. The molecule has 0 saturated heterocycles. The molecule has 1 aromatic carbocycles. The zero-order valence-electron chi connectivity index (χ0n) is 11.6. The molecule has 0 aliphatic carbocycles. The average molecular weight is 289 g/mol. The van der Waals surface area contributed by atoms with Gasteiger partial charge in [0.2, 0.25) is 5.91 Å². The van der Waals surface area contributed by atoms with Crippen LogP contribution in [-0.2, 0) is 15.7 Å². The maximum atomic E-state index is 12.6. The molecule has 0 radical (unpaired) electrons. The molecule has 1 rings (SSSR count). The molecule has 0 fully saturated rings. The zero-order chi connectivity index (χ0) is 15.3. The SMILES string of the molecule is CC(C)OCC(=O)NC(C)c1cccc(C(F)(F)F)c1. The summed E-state index contributed by atoms with van der Waals surface area (Å²) >= 11 is 0. The molecule has 0 aliphatic rings. The largest absolute Gasteiger partial charge is 0.416 e. The van der Waals surface area contributed by atoms with Gasteiger partial charge in [-0.1, -0.05) is 12.1 Å². The summed E-state index contributed by atoms with van der Waals surface area (Å²) in [6.07, 6.45) is -4.47. The Hall–Kier alpha value is -1.56. The van der Waals surface area contributed by atoms with Crippen molar-refractivity contribution < 1.29 is 22.7 Å². The predicted molar refractivity (Wildman–Crippen MR) is 69.1 cm³/mol. The van der Waals surface area contributed by atoms with E-state index in [9.17, 15) is 18.0 Å². The quantitative estimate of drug-likeness (QED) is 0.903.